The van der Waals surface area contributed by atoms with Crippen molar-refractivity contribution < 1.29 is 14.1 Å². The number of aromatic nitrogens is 1. The van der Waals surface area contributed by atoms with Crippen molar-refractivity contribution in [2.75, 3.05) is 13.1 Å². The van der Waals surface area contributed by atoms with Gasteiger partial charge in [-0.3, -0.25) is 9.59 Å². The smallest absolute Gasteiger partial charge is 0.276 e. The third-order valence-electron chi connectivity index (χ3n) is 4.24. The van der Waals surface area contributed by atoms with Crippen LogP contribution in [0.3, 0.4) is 0 Å². The van der Waals surface area contributed by atoms with Crippen molar-refractivity contribution in [3.05, 3.63) is 53.4 Å². The van der Waals surface area contributed by atoms with E-state index in [1.54, 1.807) is 17.9 Å². The zero-order valence-electron chi connectivity index (χ0n) is 13.7. The first kappa shape index (κ1) is 16.2. The first-order valence-corrected chi connectivity index (χ1v) is 8.17. The number of amides is 2. The van der Waals surface area contributed by atoms with Gasteiger partial charge in [0.1, 0.15) is 5.76 Å². The van der Waals surface area contributed by atoms with E-state index >= 15 is 0 Å². The molecule has 6 nitrogen and oxygen atoms in total. The van der Waals surface area contributed by atoms with Gasteiger partial charge in [0.2, 0.25) is 5.91 Å². The third-order valence-corrected chi connectivity index (χ3v) is 4.24. The topological polar surface area (TPSA) is 75.4 Å². The Bertz CT molecular complexity index is 711. The average molecular weight is 327 g/mol. The van der Waals surface area contributed by atoms with Crippen molar-refractivity contribution in [2.24, 2.45) is 5.92 Å². The number of piperidine rings is 1. The fourth-order valence-electron chi connectivity index (χ4n) is 2.93. The molecule has 1 saturated heterocycles. The zero-order valence-corrected chi connectivity index (χ0v) is 13.7. The van der Waals surface area contributed by atoms with Crippen LogP contribution < -0.4 is 5.32 Å². The van der Waals surface area contributed by atoms with Crippen molar-refractivity contribution in [3.63, 3.8) is 0 Å². The molecular formula is C18H21N3O3. The molecule has 1 aliphatic heterocycles. The third kappa shape index (κ3) is 3.82. The van der Waals surface area contributed by atoms with E-state index in [9.17, 15) is 9.59 Å². The second kappa shape index (κ2) is 7.29. The van der Waals surface area contributed by atoms with Crippen molar-refractivity contribution in [1.29, 1.82) is 0 Å². The number of aryl methyl sites for hydroxylation is 1. The van der Waals surface area contributed by atoms with Crippen LogP contribution in [0, 0.1) is 12.8 Å². The van der Waals surface area contributed by atoms with E-state index < -0.39 is 0 Å². The fraction of sp³-hybridized carbons (Fsp3) is 0.389. The van der Waals surface area contributed by atoms with Gasteiger partial charge < -0.3 is 14.7 Å². The predicted octanol–water partition coefficient (Wildman–Crippen LogP) is 2.15. The molecule has 1 aromatic heterocycles. The van der Waals surface area contributed by atoms with Gasteiger partial charge in [0.05, 0.1) is 5.92 Å². The van der Waals surface area contributed by atoms with Crippen LogP contribution in [0.5, 0.6) is 0 Å². The van der Waals surface area contributed by atoms with Crippen molar-refractivity contribution in [1.82, 2.24) is 15.4 Å². The van der Waals surface area contributed by atoms with Crippen molar-refractivity contribution in [3.8, 4) is 0 Å². The SMILES string of the molecule is Cc1cc(C(=O)N2CCC[C@H](C(=O)NCc3ccccc3)C2)no1. The summed E-state index contributed by atoms with van der Waals surface area (Å²) in [5.41, 5.74) is 1.37. The van der Waals surface area contributed by atoms with E-state index in [2.05, 4.69) is 10.5 Å². The minimum atomic E-state index is -0.181. The Labute approximate surface area is 140 Å². The monoisotopic (exact) mass is 327 g/mol. The van der Waals surface area contributed by atoms with E-state index in [-0.39, 0.29) is 17.7 Å². The summed E-state index contributed by atoms with van der Waals surface area (Å²) < 4.78 is 4.96. The number of rotatable bonds is 4. The van der Waals surface area contributed by atoms with Gasteiger partial charge in [0.15, 0.2) is 5.69 Å². The molecule has 2 aromatic rings. The fourth-order valence-corrected chi connectivity index (χ4v) is 2.93. The lowest BCUT2D eigenvalue weighted by Crippen LogP contribution is -2.45. The standard InChI is InChI=1S/C18H21N3O3/c1-13-10-16(20-24-13)18(23)21-9-5-8-15(12-21)17(22)19-11-14-6-3-2-4-7-14/h2-4,6-7,10,15H,5,8-9,11-12H2,1H3,(H,19,22)/t15-/m0/s1. The highest BCUT2D eigenvalue weighted by Gasteiger charge is 2.29. The lowest BCUT2D eigenvalue weighted by Gasteiger charge is -2.31. The molecule has 0 spiro atoms. The molecule has 0 bridgehead atoms. The number of benzene rings is 1. The number of hydrogen-bond donors (Lipinski definition) is 1. The Hall–Kier alpha value is -2.63. The number of likely N-dealkylation sites (tertiary alicyclic amines) is 1. The molecule has 6 heteroatoms. The Morgan fingerprint density at radius 2 is 2.12 bits per heavy atom. The lowest BCUT2D eigenvalue weighted by atomic mass is 9.96. The summed E-state index contributed by atoms with van der Waals surface area (Å²) in [6.45, 7) is 3.32. The Kier molecular flexibility index (Phi) is 4.93. The van der Waals surface area contributed by atoms with Crippen LogP contribution in [0.4, 0.5) is 0 Å². The maximum Gasteiger partial charge on any atom is 0.276 e. The molecule has 1 aromatic carbocycles. The molecule has 1 atom stereocenters. The van der Waals surface area contributed by atoms with Crippen molar-refractivity contribution in [2.45, 2.75) is 26.3 Å². The quantitative estimate of drug-likeness (QED) is 0.933. The van der Waals surface area contributed by atoms with Crippen LogP contribution in [0.1, 0.15) is 34.7 Å². The largest absolute Gasteiger partial charge is 0.361 e. The molecule has 126 valence electrons. The maximum atomic E-state index is 12.4. The number of carbonyl (C=O) groups is 2. The van der Waals surface area contributed by atoms with Crippen LogP contribution in [0.15, 0.2) is 40.9 Å². The van der Waals surface area contributed by atoms with Crippen LogP contribution in [0.2, 0.25) is 0 Å². The number of nitrogens with one attached hydrogen (secondary N) is 1. The summed E-state index contributed by atoms with van der Waals surface area (Å²) in [5.74, 6) is 0.243. The van der Waals surface area contributed by atoms with E-state index in [4.69, 9.17) is 4.52 Å². The van der Waals surface area contributed by atoms with Gasteiger partial charge in [-0.05, 0) is 25.3 Å². The van der Waals surface area contributed by atoms with Gasteiger partial charge in [-0.2, -0.15) is 0 Å². The molecule has 0 radical (unpaired) electrons. The van der Waals surface area contributed by atoms with Crippen molar-refractivity contribution >= 4 is 11.8 Å². The van der Waals surface area contributed by atoms with Gasteiger partial charge in [-0.1, -0.05) is 35.5 Å². The predicted molar refractivity (Wildman–Crippen MR) is 88.2 cm³/mol. The molecule has 0 unspecified atom stereocenters. The first-order valence-electron chi connectivity index (χ1n) is 8.17. The van der Waals surface area contributed by atoms with Gasteiger partial charge in [-0.25, -0.2) is 0 Å². The minimum absolute atomic E-state index is 0.00677. The number of nitrogens with zero attached hydrogens (tertiary/aromatic N) is 2. The molecule has 0 saturated carbocycles. The van der Waals surface area contributed by atoms with Gasteiger partial charge in [0.25, 0.3) is 5.91 Å². The number of carbonyl (C=O) groups excluding carboxylic acids is 2. The highest BCUT2D eigenvalue weighted by Crippen LogP contribution is 2.19. The van der Waals surface area contributed by atoms with E-state index in [0.717, 1.165) is 18.4 Å². The molecule has 1 fully saturated rings. The normalized spacial score (nSPS) is 17.5. The second-order valence-electron chi connectivity index (χ2n) is 6.12. The Morgan fingerprint density at radius 1 is 1.33 bits per heavy atom. The minimum Gasteiger partial charge on any atom is -0.361 e. The van der Waals surface area contributed by atoms with E-state index in [0.29, 0.717) is 31.1 Å². The van der Waals surface area contributed by atoms with Gasteiger partial charge in [0, 0.05) is 25.7 Å². The van der Waals surface area contributed by atoms with Gasteiger partial charge in [-0.15, -0.1) is 0 Å². The summed E-state index contributed by atoms with van der Waals surface area (Å²) in [4.78, 5) is 26.5. The molecule has 2 heterocycles. The molecule has 3 rings (SSSR count). The molecule has 1 N–H and O–H groups in total. The average Bonchev–Trinajstić information content (AvgIpc) is 3.06. The zero-order chi connectivity index (χ0) is 16.9. The molecular weight excluding hydrogens is 306 g/mol. The summed E-state index contributed by atoms with van der Waals surface area (Å²) >= 11 is 0. The van der Waals surface area contributed by atoms with Crippen LogP contribution in [-0.2, 0) is 11.3 Å². The Balaban J connectivity index is 1.56. The van der Waals surface area contributed by atoms with Crippen LogP contribution >= 0.6 is 0 Å². The maximum absolute atomic E-state index is 12.4. The molecule has 2 amide bonds. The lowest BCUT2D eigenvalue weighted by molar-refractivity contribution is -0.126. The highest BCUT2D eigenvalue weighted by atomic mass is 16.5. The highest BCUT2D eigenvalue weighted by molar-refractivity contribution is 5.92. The number of hydrogen-bond acceptors (Lipinski definition) is 4. The van der Waals surface area contributed by atoms with E-state index in [1.165, 1.54) is 0 Å². The summed E-state index contributed by atoms with van der Waals surface area (Å²) in [7, 11) is 0. The van der Waals surface area contributed by atoms with E-state index in [1.807, 2.05) is 30.3 Å². The Morgan fingerprint density at radius 3 is 2.83 bits per heavy atom. The van der Waals surface area contributed by atoms with Crippen LogP contribution in [-0.4, -0.2) is 35.0 Å². The molecule has 0 aliphatic carbocycles. The van der Waals surface area contributed by atoms with Crippen LogP contribution in [0.25, 0.3) is 0 Å². The summed E-state index contributed by atoms with van der Waals surface area (Å²) in [6, 6.07) is 11.4. The van der Waals surface area contributed by atoms with Gasteiger partial charge >= 0.3 is 0 Å². The molecule has 1 aliphatic rings. The summed E-state index contributed by atoms with van der Waals surface area (Å²) in [6.07, 6.45) is 1.61. The summed E-state index contributed by atoms with van der Waals surface area (Å²) in [5, 5.41) is 6.73. The molecule has 24 heavy (non-hydrogen) atoms. The first-order chi connectivity index (χ1) is 11.6. The second-order valence-corrected chi connectivity index (χ2v) is 6.12.